The number of ether oxygens (including phenoxy) is 2. The zero-order valence-electron chi connectivity index (χ0n) is 21.4. The topological polar surface area (TPSA) is 76.7 Å². The average molecular weight is 515 g/mol. The summed E-state index contributed by atoms with van der Waals surface area (Å²) in [6.45, 7) is 3.92. The molecule has 1 aliphatic carbocycles. The van der Waals surface area contributed by atoms with E-state index in [-0.39, 0.29) is 17.6 Å². The SMILES string of the molecule is COc1ccc(C2CC(=O)C3=C(C2)NC(C)=C(C(=O)Nc2ccc(C)cc2)C3c2ccsc2)cc1OC. The van der Waals surface area contributed by atoms with Gasteiger partial charge in [0, 0.05) is 40.6 Å². The fraction of sp³-hybridized carbons (Fsp3) is 0.267. The predicted octanol–water partition coefficient (Wildman–Crippen LogP) is 6.07. The lowest BCUT2D eigenvalue weighted by Gasteiger charge is -2.36. The molecule has 7 heteroatoms. The van der Waals surface area contributed by atoms with E-state index in [1.54, 1.807) is 25.6 Å². The maximum absolute atomic E-state index is 13.8. The highest BCUT2D eigenvalue weighted by atomic mass is 32.1. The normalized spacial score (nSPS) is 19.3. The number of rotatable bonds is 6. The maximum Gasteiger partial charge on any atom is 0.254 e. The maximum atomic E-state index is 13.8. The highest BCUT2D eigenvalue weighted by Crippen LogP contribution is 2.46. The minimum Gasteiger partial charge on any atom is -0.493 e. The van der Waals surface area contributed by atoms with E-state index < -0.39 is 5.92 Å². The van der Waals surface area contributed by atoms with Gasteiger partial charge in [-0.25, -0.2) is 0 Å². The Labute approximate surface area is 221 Å². The first-order valence-electron chi connectivity index (χ1n) is 12.3. The molecule has 5 rings (SSSR count). The summed E-state index contributed by atoms with van der Waals surface area (Å²) in [5.74, 6) is 0.740. The summed E-state index contributed by atoms with van der Waals surface area (Å²) in [5.41, 5.74) is 6.75. The smallest absolute Gasteiger partial charge is 0.254 e. The number of dihydropyridines is 1. The first-order valence-corrected chi connectivity index (χ1v) is 13.2. The van der Waals surface area contributed by atoms with Crippen molar-refractivity contribution in [3.63, 3.8) is 0 Å². The number of allylic oxidation sites excluding steroid dienone is 3. The summed E-state index contributed by atoms with van der Waals surface area (Å²) >= 11 is 1.57. The molecule has 2 heterocycles. The number of amides is 1. The Balaban J connectivity index is 1.50. The summed E-state index contributed by atoms with van der Waals surface area (Å²) in [6, 6.07) is 15.5. The molecule has 37 heavy (non-hydrogen) atoms. The van der Waals surface area contributed by atoms with Gasteiger partial charge in [0.25, 0.3) is 5.91 Å². The van der Waals surface area contributed by atoms with Crippen LogP contribution in [0.4, 0.5) is 5.69 Å². The van der Waals surface area contributed by atoms with Gasteiger partial charge in [-0.05, 0) is 78.4 Å². The Bertz CT molecular complexity index is 1400. The van der Waals surface area contributed by atoms with Gasteiger partial charge < -0.3 is 20.1 Å². The number of thiophene rings is 1. The van der Waals surface area contributed by atoms with Crippen LogP contribution in [0.2, 0.25) is 0 Å². The van der Waals surface area contributed by atoms with E-state index in [0.717, 1.165) is 33.8 Å². The summed E-state index contributed by atoms with van der Waals surface area (Å²) in [4.78, 5) is 27.4. The van der Waals surface area contributed by atoms with Crippen LogP contribution in [0.15, 0.2) is 81.8 Å². The van der Waals surface area contributed by atoms with Crippen LogP contribution >= 0.6 is 11.3 Å². The molecule has 0 radical (unpaired) electrons. The fourth-order valence-electron chi connectivity index (χ4n) is 5.29. The standard InChI is InChI=1S/C30H30N2O4S/c1-17-5-8-22(9-6-17)32-30(34)27-18(2)31-23-13-21(19-7-10-25(35-3)26(15-19)36-4)14-24(33)29(23)28(27)20-11-12-37-16-20/h5-12,15-16,21,28,31H,13-14H2,1-4H3,(H,32,34). The highest BCUT2D eigenvalue weighted by molar-refractivity contribution is 7.08. The van der Waals surface area contributed by atoms with Crippen molar-refractivity contribution >= 4 is 28.7 Å². The van der Waals surface area contributed by atoms with Gasteiger partial charge in [0.2, 0.25) is 0 Å². The molecule has 0 saturated carbocycles. The van der Waals surface area contributed by atoms with Crippen LogP contribution in [0, 0.1) is 6.92 Å². The summed E-state index contributed by atoms with van der Waals surface area (Å²) < 4.78 is 10.9. The van der Waals surface area contributed by atoms with E-state index in [2.05, 4.69) is 10.6 Å². The number of anilines is 1. The summed E-state index contributed by atoms with van der Waals surface area (Å²) in [7, 11) is 3.22. The monoisotopic (exact) mass is 514 g/mol. The molecule has 0 bridgehead atoms. The molecule has 0 saturated heterocycles. The second kappa shape index (κ2) is 10.3. The lowest BCUT2D eigenvalue weighted by molar-refractivity contribution is -0.116. The predicted molar refractivity (Wildman–Crippen MR) is 146 cm³/mol. The molecule has 190 valence electrons. The zero-order valence-corrected chi connectivity index (χ0v) is 22.2. The number of benzene rings is 2. The number of ketones is 1. The minimum absolute atomic E-state index is 0.00239. The zero-order chi connectivity index (χ0) is 26.1. The molecule has 3 aromatic rings. The third-order valence-electron chi connectivity index (χ3n) is 7.14. The first kappa shape index (κ1) is 24.8. The van der Waals surface area contributed by atoms with Crippen LogP contribution in [0.1, 0.15) is 48.3 Å². The summed E-state index contributed by atoms with van der Waals surface area (Å²) in [5, 5.41) is 10.5. The van der Waals surface area contributed by atoms with Crippen molar-refractivity contribution in [1.82, 2.24) is 5.32 Å². The van der Waals surface area contributed by atoms with Gasteiger partial charge in [-0.1, -0.05) is 23.8 Å². The lowest BCUT2D eigenvalue weighted by atomic mass is 9.72. The van der Waals surface area contributed by atoms with Crippen LogP contribution < -0.4 is 20.1 Å². The van der Waals surface area contributed by atoms with Crippen molar-refractivity contribution in [1.29, 1.82) is 0 Å². The van der Waals surface area contributed by atoms with Crippen LogP contribution in [-0.4, -0.2) is 25.9 Å². The second-order valence-corrected chi connectivity index (χ2v) is 10.3. The fourth-order valence-corrected chi connectivity index (χ4v) is 5.98. The van der Waals surface area contributed by atoms with E-state index in [1.165, 1.54) is 0 Å². The van der Waals surface area contributed by atoms with Crippen LogP contribution in [0.25, 0.3) is 0 Å². The van der Waals surface area contributed by atoms with E-state index >= 15 is 0 Å². The minimum atomic E-state index is -0.410. The molecule has 2 aliphatic rings. The van der Waals surface area contributed by atoms with Crippen molar-refractivity contribution in [3.8, 4) is 11.5 Å². The second-order valence-electron chi connectivity index (χ2n) is 9.51. The average Bonchev–Trinajstić information content (AvgIpc) is 3.43. The molecule has 1 aromatic heterocycles. The molecule has 6 nitrogen and oxygen atoms in total. The Kier molecular flexibility index (Phi) is 6.89. The first-order chi connectivity index (χ1) is 17.9. The van der Waals surface area contributed by atoms with Gasteiger partial charge in [0.15, 0.2) is 17.3 Å². The number of nitrogens with one attached hydrogen (secondary N) is 2. The van der Waals surface area contributed by atoms with Crippen molar-refractivity contribution in [2.75, 3.05) is 19.5 Å². The number of hydrogen-bond acceptors (Lipinski definition) is 6. The molecule has 0 fully saturated rings. The number of Topliss-reactive ketones (excluding diaryl/α,β-unsaturated/α-hetero) is 1. The number of aryl methyl sites for hydroxylation is 1. The van der Waals surface area contributed by atoms with E-state index in [1.807, 2.05) is 73.1 Å². The molecule has 0 spiro atoms. The molecule has 2 unspecified atom stereocenters. The highest BCUT2D eigenvalue weighted by Gasteiger charge is 2.41. The molecule has 2 atom stereocenters. The van der Waals surface area contributed by atoms with E-state index in [0.29, 0.717) is 35.5 Å². The van der Waals surface area contributed by atoms with Crippen LogP contribution in [-0.2, 0) is 9.59 Å². The third kappa shape index (κ3) is 4.79. The molecule has 1 amide bonds. The summed E-state index contributed by atoms with van der Waals surface area (Å²) in [6.07, 6.45) is 1.03. The number of hydrogen-bond donors (Lipinski definition) is 2. The Morgan fingerprint density at radius 2 is 1.73 bits per heavy atom. The van der Waals surface area contributed by atoms with Crippen LogP contribution in [0.5, 0.6) is 11.5 Å². The van der Waals surface area contributed by atoms with E-state index in [4.69, 9.17) is 9.47 Å². The Hall–Kier alpha value is -3.84. The van der Waals surface area contributed by atoms with Gasteiger partial charge in [-0.2, -0.15) is 11.3 Å². The quantitative estimate of drug-likeness (QED) is 0.417. The number of carbonyl (C=O) groups is 2. The molecule has 2 aromatic carbocycles. The van der Waals surface area contributed by atoms with Gasteiger partial charge >= 0.3 is 0 Å². The molecular weight excluding hydrogens is 484 g/mol. The largest absolute Gasteiger partial charge is 0.493 e. The van der Waals surface area contributed by atoms with Crippen LogP contribution in [0.3, 0.4) is 0 Å². The van der Waals surface area contributed by atoms with Gasteiger partial charge in [0.1, 0.15) is 0 Å². The van der Waals surface area contributed by atoms with Crippen molar-refractivity contribution < 1.29 is 19.1 Å². The van der Waals surface area contributed by atoms with Crippen molar-refractivity contribution in [2.45, 2.75) is 38.5 Å². The Morgan fingerprint density at radius 3 is 2.41 bits per heavy atom. The van der Waals surface area contributed by atoms with Gasteiger partial charge in [-0.3, -0.25) is 9.59 Å². The third-order valence-corrected chi connectivity index (χ3v) is 7.84. The number of carbonyl (C=O) groups excluding carboxylic acids is 2. The lowest BCUT2D eigenvalue weighted by Crippen LogP contribution is -2.36. The molecule has 2 N–H and O–H groups in total. The van der Waals surface area contributed by atoms with Gasteiger partial charge in [-0.15, -0.1) is 0 Å². The Morgan fingerprint density at radius 1 is 0.973 bits per heavy atom. The van der Waals surface area contributed by atoms with Crippen molar-refractivity contribution in [2.24, 2.45) is 0 Å². The number of methoxy groups -OCH3 is 2. The molecule has 1 aliphatic heterocycles. The molecular formula is C30H30N2O4S. The van der Waals surface area contributed by atoms with Crippen molar-refractivity contribution in [3.05, 3.63) is 98.5 Å². The van der Waals surface area contributed by atoms with E-state index in [9.17, 15) is 9.59 Å². The van der Waals surface area contributed by atoms with Gasteiger partial charge in [0.05, 0.1) is 14.2 Å².